The second-order valence-electron chi connectivity index (χ2n) is 3.21. The third-order valence-electron chi connectivity index (χ3n) is 1.49. The Morgan fingerprint density at radius 1 is 1.29 bits per heavy atom. The molecule has 10 nitrogen and oxygen atoms in total. The lowest BCUT2D eigenvalue weighted by Crippen LogP contribution is -2.43. The third-order valence-corrected chi connectivity index (χ3v) is 2.85. The van der Waals surface area contributed by atoms with E-state index in [1.54, 1.807) is 0 Å². The van der Waals surface area contributed by atoms with Crippen LogP contribution in [-0.4, -0.2) is 31.7 Å². The van der Waals surface area contributed by atoms with Crippen molar-refractivity contribution in [1.82, 2.24) is 0 Å². The summed E-state index contributed by atoms with van der Waals surface area (Å²) in [4.78, 5) is 13.0. The Morgan fingerprint density at radius 3 is 1.94 bits per heavy atom. The highest BCUT2D eigenvalue weighted by Gasteiger charge is 2.49. The maximum Gasteiger partial charge on any atom is 0.340 e. The zero-order valence-electron chi connectivity index (χ0n) is 9.30. The predicted octanol–water partition coefficient (Wildman–Crippen LogP) is 1.26. The van der Waals surface area contributed by atoms with Gasteiger partial charge in [-0.3, -0.25) is 4.79 Å². The number of carbonyl (C=O) groups excluding carboxylic acids is 1. The van der Waals surface area contributed by atoms with Crippen molar-refractivity contribution >= 4 is 15.8 Å². The molecule has 0 N–H and O–H groups in total. The van der Waals surface area contributed by atoms with Gasteiger partial charge in [-0.05, 0) is 24.9 Å². The molecular weight excluding hydrogens is 252 g/mol. The largest absolute Gasteiger partial charge is 0.462 e. The van der Waals surface area contributed by atoms with Crippen LogP contribution in [0.25, 0.3) is 20.9 Å². The Morgan fingerprint density at radius 2 is 1.71 bits per heavy atom. The lowest BCUT2D eigenvalue weighted by molar-refractivity contribution is -0.150. The molecule has 0 radical (unpaired) electrons. The van der Waals surface area contributed by atoms with Gasteiger partial charge in [-0.2, -0.15) is 0 Å². The van der Waals surface area contributed by atoms with Crippen LogP contribution in [0.3, 0.4) is 0 Å². The van der Waals surface area contributed by atoms with E-state index in [0.29, 0.717) is 6.26 Å². The van der Waals surface area contributed by atoms with Gasteiger partial charge in [0.2, 0.25) is 0 Å². The summed E-state index contributed by atoms with van der Waals surface area (Å²) in [5.41, 5.74) is 16.6. The molecule has 0 bridgehead atoms. The minimum Gasteiger partial charge on any atom is -0.462 e. The molecule has 0 amide bonds. The fourth-order valence-electron chi connectivity index (χ4n) is 0.813. The highest BCUT2D eigenvalue weighted by molar-refractivity contribution is 7.92. The van der Waals surface area contributed by atoms with Crippen LogP contribution < -0.4 is 0 Å². The van der Waals surface area contributed by atoms with Gasteiger partial charge in [-0.25, -0.2) is 8.42 Å². The molecule has 0 spiro atoms. The highest BCUT2D eigenvalue weighted by Crippen LogP contribution is 2.24. The fraction of sp³-hybridized carbons (Fsp3) is 0.833. The monoisotopic (exact) mass is 262 g/mol. The minimum absolute atomic E-state index is 0.595. The molecule has 0 saturated heterocycles. The summed E-state index contributed by atoms with van der Waals surface area (Å²) < 4.78 is 27.5. The van der Waals surface area contributed by atoms with E-state index >= 15 is 0 Å². The van der Waals surface area contributed by atoms with E-state index in [4.69, 9.17) is 11.1 Å². The topological polar surface area (TPSA) is 158 Å². The van der Waals surface area contributed by atoms with E-state index in [1.165, 1.54) is 13.8 Å². The third kappa shape index (κ3) is 3.25. The van der Waals surface area contributed by atoms with Gasteiger partial charge in [-0.1, -0.05) is 10.2 Å². The summed E-state index contributed by atoms with van der Waals surface area (Å²) in [5.74, 6) is -1.44. The van der Waals surface area contributed by atoms with Gasteiger partial charge in [0, 0.05) is 16.1 Å². The van der Waals surface area contributed by atoms with Crippen LogP contribution in [0.5, 0.6) is 0 Å². The molecule has 11 heteroatoms. The number of hydrogen-bond donors (Lipinski definition) is 0. The van der Waals surface area contributed by atoms with Crippen LogP contribution in [0.1, 0.15) is 13.8 Å². The van der Waals surface area contributed by atoms with Crippen molar-refractivity contribution in [1.29, 1.82) is 0 Å². The van der Waals surface area contributed by atoms with Gasteiger partial charge in [0.1, 0.15) is 0 Å². The fourth-order valence-corrected chi connectivity index (χ4v) is 1.53. The molecule has 0 aliphatic rings. The zero-order valence-corrected chi connectivity index (χ0v) is 10.1. The Balaban J connectivity index is 5.92. The number of carbonyl (C=O) groups is 1. The highest BCUT2D eigenvalue weighted by atomic mass is 32.2. The van der Waals surface area contributed by atoms with Crippen molar-refractivity contribution in [2.75, 3.05) is 6.26 Å². The van der Waals surface area contributed by atoms with Gasteiger partial charge in [0.15, 0.2) is 9.84 Å². The van der Waals surface area contributed by atoms with E-state index in [2.05, 4.69) is 24.8 Å². The first-order valence-corrected chi connectivity index (χ1v) is 6.13. The van der Waals surface area contributed by atoms with Crippen LogP contribution >= 0.6 is 0 Å². The number of ether oxygens (including phenoxy) is 1. The van der Waals surface area contributed by atoms with E-state index in [-0.39, 0.29) is 0 Å². The molecule has 0 aromatic heterocycles. The minimum atomic E-state index is -4.31. The van der Waals surface area contributed by atoms with Crippen molar-refractivity contribution in [2.24, 2.45) is 10.2 Å². The molecule has 0 aromatic rings. The Bertz CT molecular complexity index is 481. The molecule has 0 aliphatic heterocycles. The molecule has 17 heavy (non-hydrogen) atoms. The molecule has 0 aliphatic carbocycles. The van der Waals surface area contributed by atoms with Gasteiger partial charge in [0.05, 0.1) is 6.10 Å². The number of hydrogen-bond acceptors (Lipinski definition) is 6. The van der Waals surface area contributed by atoms with Crippen LogP contribution in [0.4, 0.5) is 0 Å². The molecule has 0 fully saturated rings. The van der Waals surface area contributed by atoms with Crippen LogP contribution in [0.15, 0.2) is 10.2 Å². The molecular formula is C6H10N6O4S. The average Bonchev–Trinajstić information content (AvgIpc) is 2.14. The Kier molecular flexibility index (Phi) is 4.77. The smallest absolute Gasteiger partial charge is 0.340 e. The van der Waals surface area contributed by atoms with E-state index < -0.39 is 26.9 Å². The maximum atomic E-state index is 11.6. The predicted molar refractivity (Wildman–Crippen MR) is 57.1 cm³/mol. The zero-order chi connectivity index (χ0) is 13.7. The Labute approximate surface area is 96.7 Å². The van der Waals surface area contributed by atoms with Gasteiger partial charge in [-0.15, -0.1) is 0 Å². The number of esters is 1. The molecule has 0 aromatic carbocycles. The van der Waals surface area contributed by atoms with Crippen molar-refractivity contribution in [2.45, 2.75) is 24.9 Å². The number of azide groups is 1. The van der Waals surface area contributed by atoms with E-state index in [1.807, 2.05) is 0 Å². The standard InChI is InChI=1S/C6H10N6O4S/c1-4(2)16-5(13)6(9-11-7,10-12-8)17(3,14)15/h4H,1-3H3. The van der Waals surface area contributed by atoms with Gasteiger partial charge >= 0.3 is 11.0 Å². The van der Waals surface area contributed by atoms with E-state index in [0.717, 1.165) is 0 Å². The molecule has 0 saturated carbocycles. The lowest BCUT2D eigenvalue weighted by Gasteiger charge is -2.20. The van der Waals surface area contributed by atoms with Crippen molar-refractivity contribution in [3.05, 3.63) is 20.9 Å². The number of sulfone groups is 1. The summed E-state index contributed by atoms with van der Waals surface area (Å²) in [6.45, 7) is 2.91. The number of rotatable bonds is 5. The molecule has 0 atom stereocenters. The summed E-state index contributed by atoms with van der Waals surface area (Å²) in [7, 11) is -4.31. The number of nitrogens with zero attached hydrogens (tertiary/aromatic N) is 6. The van der Waals surface area contributed by atoms with Crippen molar-refractivity contribution < 1.29 is 17.9 Å². The lowest BCUT2D eigenvalue weighted by atomic mass is 10.4. The maximum absolute atomic E-state index is 11.6. The normalized spacial score (nSPS) is 14.1. The molecule has 0 heterocycles. The molecule has 94 valence electrons. The van der Waals surface area contributed by atoms with Crippen LogP contribution in [0.2, 0.25) is 0 Å². The molecule has 0 unspecified atom stereocenters. The second-order valence-corrected chi connectivity index (χ2v) is 5.33. The van der Waals surface area contributed by atoms with Crippen LogP contribution in [-0.2, 0) is 19.4 Å². The summed E-state index contributed by atoms with van der Waals surface area (Å²) >= 11 is 0. The first kappa shape index (κ1) is 15.0. The summed E-state index contributed by atoms with van der Waals surface area (Å²) in [6, 6.07) is 0. The van der Waals surface area contributed by atoms with Crippen LogP contribution in [0, 0.1) is 0 Å². The quantitative estimate of drug-likeness (QED) is 0.316. The van der Waals surface area contributed by atoms with Crippen molar-refractivity contribution in [3.63, 3.8) is 0 Å². The Hall–Kier alpha value is -1.96. The van der Waals surface area contributed by atoms with Gasteiger partial charge < -0.3 is 4.74 Å². The average molecular weight is 262 g/mol. The second kappa shape index (κ2) is 5.39. The first-order valence-electron chi connectivity index (χ1n) is 4.24. The molecule has 0 rings (SSSR count). The summed E-state index contributed by atoms with van der Waals surface area (Å²) in [5, 5.41) is 5.53. The van der Waals surface area contributed by atoms with E-state index in [9.17, 15) is 13.2 Å². The van der Waals surface area contributed by atoms with Crippen molar-refractivity contribution in [3.8, 4) is 0 Å². The van der Waals surface area contributed by atoms with Gasteiger partial charge in [0.25, 0.3) is 0 Å². The SMILES string of the molecule is CC(C)OC(=O)C(N=[N+]=[N-])(N=[N+]=[N-])S(C)(=O)=O. The summed E-state index contributed by atoms with van der Waals surface area (Å²) in [6.07, 6.45) is -0.0655. The first-order chi connectivity index (χ1) is 7.71.